The molecular formula is C23H30F2N2O9. The van der Waals surface area contributed by atoms with Gasteiger partial charge < -0.3 is 39.0 Å². The van der Waals surface area contributed by atoms with E-state index in [0.29, 0.717) is 11.3 Å². The lowest BCUT2D eigenvalue weighted by atomic mass is 9.99. The van der Waals surface area contributed by atoms with Gasteiger partial charge in [-0.25, -0.2) is 9.18 Å². The number of aliphatic hydroxyl groups excluding tert-OH is 3. The molecule has 1 aromatic heterocycles. The van der Waals surface area contributed by atoms with Crippen LogP contribution < -0.4 is 9.47 Å². The zero-order chi connectivity index (χ0) is 26.7. The Kier molecular flexibility index (Phi) is 8.71. The number of aliphatic hydroxyl groups is 3. The molecule has 11 nitrogen and oxygen atoms in total. The van der Waals surface area contributed by atoms with Crippen LogP contribution >= 0.6 is 0 Å². The number of hydrogen-bond acceptors (Lipinski definition) is 10. The summed E-state index contributed by atoms with van der Waals surface area (Å²) in [7, 11) is 2.32. The van der Waals surface area contributed by atoms with Crippen molar-refractivity contribution in [3.05, 3.63) is 40.6 Å². The SMILES string of the molecule is COC(=O)OC[C@H]1O[C@@H](Oc2nn(C(C)C)c(C)c2Cc2ccc(OC)c(F)c2F)[C@H](O)[C@@H](O)[C@@H]1O. The van der Waals surface area contributed by atoms with E-state index in [9.17, 15) is 28.9 Å². The number of carbonyl (C=O) groups excluding carboxylic acids is 1. The van der Waals surface area contributed by atoms with E-state index >= 15 is 0 Å². The number of rotatable bonds is 8. The van der Waals surface area contributed by atoms with Gasteiger partial charge in [0.2, 0.25) is 18.0 Å². The lowest BCUT2D eigenvalue weighted by Gasteiger charge is -2.39. The predicted molar refractivity (Wildman–Crippen MR) is 119 cm³/mol. The Labute approximate surface area is 206 Å². The van der Waals surface area contributed by atoms with Gasteiger partial charge in [-0.1, -0.05) is 6.07 Å². The first-order chi connectivity index (χ1) is 17.0. The average Bonchev–Trinajstić information content (AvgIpc) is 3.16. The van der Waals surface area contributed by atoms with Gasteiger partial charge in [-0.3, -0.25) is 4.68 Å². The van der Waals surface area contributed by atoms with Gasteiger partial charge in [0, 0.05) is 23.7 Å². The lowest BCUT2D eigenvalue weighted by molar-refractivity contribution is -0.278. The van der Waals surface area contributed by atoms with E-state index < -0.39 is 55.1 Å². The number of carbonyl (C=O) groups is 1. The minimum absolute atomic E-state index is 0.00878. The maximum Gasteiger partial charge on any atom is 0.508 e. The third-order valence-electron chi connectivity index (χ3n) is 5.87. The highest BCUT2D eigenvalue weighted by Gasteiger charge is 2.46. The van der Waals surface area contributed by atoms with Gasteiger partial charge in [-0.2, -0.15) is 4.39 Å². The van der Waals surface area contributed by atoms with Crippen LogP contribution in [0.2, 0.25) is 0 Å². The molecule has 1 aromatic carbocycles. The molecule has 2 heterocycles. The largest absolute Gasteiger partial charge is 0.508 e. The number of nitrogens with zero attached hydrogens (tertiary/aromatic N) is 2. The Hall–Kier alpha value is -3.00. The Morgan fingerprint density at radius 3 is 2.44 bits per heavy atom. The Morgan fingerprint density at radius 2 is 1.83 bits per heavy atom. The van der Waals surface area contributed by atoms with Crippen molar-refractivity contribution < 1.29 is 52.6 Å². The molecule has 3 N–H and O–H groups in total. The minimum atomic E-state index is -1.71. The number of ether oxygens (including phenoxy) is 5. The molecule has 13 heteroatoms. The lowest BCUT2D eigenvalue weighted by Crippen LogP contribution is -2.60. The van der Waals surface area contributed by atoms with E-state index in [4.69, 9.17) is 18.9 Å². The topological polar surface area (TPSA) is 142 Å². The van der Waals surface area contributed by atoms with Crippen LogP contribution in [0.3, 0.4) is 0 Å². The summed E-state index contributed by atoms with van der Waals surface area (Å²) in [6.07, 6.45) is -8.98. The zero-order valence-corrected chi connectivity index (χ0v) is 20.5. The van der Waals surface area contributed by atoms with Crippen molar-refractivity contribution in [1.29, 1.82) is 0 Å². The van der Waals surface area contributed by atoms with Crippen LogP contribution in [-0.2, 0) is 20.6 Å². The molecule has 0 bridgehead atoms. The molecule has 2 aromatic rings. The molecule has 1 fully saturated rings. The molecule has 0 saturated carbocycles. The monoisotopic (exact) mass is 516 g/mol. The van der Waals surface area contributed by atoms with E-state index in [-0.39, 0.29) is 29.7 Å². The summed E-state index contributed by atoms with van der Waals surface area (Å²) in [4.78, 5) is 11.3. The summed E-state index contributed by atoms with van der Waals surface area (Å²) < 4.78 is 55.9. The maximum atomic E-state index is 14.7. The molecule has 36 heavy (non-hydrogen) atoms. The second kappa shape index (κ2) is 11.4. The van der Waals surface area contributed by atoms with Crippen LogP contribution in [0.4, 0.5) is 13.6 Å². The van der Waals surface area contributed by atoms with E-state index in [2.05, 4.69) is 9.84 Å². The summed E-state index contributed by atoms with van der Waals surface area (Å²) in [5, 5.41) is 35.4. The van der Waals surface area contributed by atoms with Crippen LogP contribution in [0, 0.1) is 18.6 Å². The molecule has 5 atom stereocenters. The Balaban J connectivity index is 1.92. The summed E-state index contributed by atoms with van der Waals surface area (Å²) in [5.74, 6) is -2.53. The third-order valence-corrected chi connectivity index (χ3v) is 5.87. The van der Waals surface area contributed by atoms with Crippen molar-refractivity contribution in [2.24, 2.45) is 0 Å². The smallest absolute Gasteiger partial charge is 0.494 e. The first-order valence-electron chi connectivity index (χ1n) is 11.2. The standard InChI is InChI=1S/C23H30F2N2O9/c1-10(2)27-11(3)13(8-12-6-7-14(32-4)17(25)16(12)24)21(26-27)36-22-20(30)19(29)18(28)15(35-22)9-34-23(31)33-5/h6-7,10,15,18-20,22,28-30H,8-9H2,1-5H3/t15-,18-,19+,20-,22+/m1/s1. The van der Waals surface area contributed by atoms with Crippen LogP contribution in [0.25, 0.3) is 0 Å². The van der Waals surface area contributed by atoms with Crippen molar-refractivity contribution in [3.63, 3.8) is 0 Å². The third kappa shape index (κ3) is 5.53. The van der Waals surface area contributed by atoms with E-state index in [1.807, 2.05) is 13.8 Å². The first-order valence-corrected chi connectivity index (χ1v) is 11.2. The molecule has 0 spiro atoms. The zero-order valence-electron chi connectivity index (χ0n) is 20.5. The van der Waals surface area contributed by atoms with Crippen LogP contribution in [0.15, 0.2) is 12.1 Å². The molecule has 3 rings (SSSR count). The second-order valence-electron chi connectivity index (χ2n) is 8.54. The van der Waals surface area contributed by atoms with Crippen LogP contribution in [-0.4, -0.2) is 82.8 Å². The molecule has 200 valence electrons. The van der Waals surface area contributed by atoms with Crippen LogP contribution in [0.5, 0.6) is 11.6 Å². The predicted octanol–water partition coefficient (Wildman–Crippen LogP) is 1.62. The van der Waals surface area contributed by atoms with Crippen molar-refractivity contribution >= 4 is 6.16 Å². The Morgan fingerprint density at radius 1 is 1.14 bits per heavy atom. The van der Waals surface area contributed by atoms with Gasteiger partial charge in [-0.05, 0) is 32.4 Å². The normalized spacial score (nSPS) is 24.0. The highest BCUT2D eigenvalue weighted by Crippen LogP contribution is 2.32. The average molecular weight is 516 g/mol. The van der Waals surface area contributed by atoms with Gasteiger partial charge in [-0.15, -0.1) is 5.10 Å². The number of aromatic nitrogens is 2. The van der Waals surface area contributed by atoms with Crippen molar-refractivity contribution in [1.82, 2.24) is 9.78 Å². The van der Waals surface area contributed by atoms with Crippen molar-refractivity contribution in [2.45, 2.75) is 63.9 Å². The van der Waals surface area contributed by atoms with Gasteiger partial charge in [0.05, 0.1) is 14.2 Å². The fourth-order valence-electron chi connectivity index (χ4n) is 3.85. The summed E-state index contributed by atoms with van der Waals surface area (Å²) in [6.45, 7) is 4.93. The summed E-state index contributed by atoms with van der Waals surface area (Å²) in [6, 6.07) is 2.54. The number of benzene rings is 1. The van der Waals surface area contributed by atoms with Crippen molar-refractivity contribution in [3.8, 4) is 11.6 Å². The highest BCUT2D eigenvalue weighted by molar-refractivity contribution is 5.59. The number of halogens is 2. The molecule has 1 aliphatic heterocycles. The maximum absolute atomic E-state index is 14.7. The molecule has 0 unspecified atom stereocenters. The number of hydrogen-bond donors (Lipinski definition) is 3. The van der Waals surface area contributed by atoms with Crippen molar-refractivity contribution in [2.75, 3.05) is 20.8 Å². The molecule has 0 radical (unpaired) electrons. The van der Waals surface area contributed by atoms with Crippen LogP contribution in [0.1, 0.15) is 36.7 Å². The molecular weight excluding hydrogens is 486 g/mol. The van der Waals surface area contributed by atoms with Gasteiger partial charge in [0.1, 0.15) is 31.0 Å². The molecule has 1 saturated heterocycles. The van der Waals surface area contributed by atoms with Gasteiger partial charge in [0.15, 0.2) is 11.6 Å². The number of methoxy groups -OCH3 is 2. The Bertz CT molecular complexity index is 1080. The fraction of sp³-hybridized carbons (Fsp3) is 0.565. The minimum Gasteiger partial charge on any atom is -0.494 e. The fourth-order valence-corrected chi connectivity index (χ4v) is 3.85. The second-order valence-corrected chi connectivity index (χ2v) is 8.54. The molecule has 0 aliphatic carbocycles. The summed E-state index contributed by atoms with van der Waals surface area (Å²) >= 11 is 0. The van der Waals surface area contributed by atoms with Gasteiger partial charge in [0.25, 0.3) is 0 Å². The van der Waals surface area contributed by atoms with E-state index in [0.717, 1.165) is 7.11 Å². The summed E-state index contributed by atoms with van der Waals surface area (Å²) in [5.41, 5.74) is 0.979. The highest BCUT2D eigenvalue weighted by atomic mass is 19.2. The first kappa shape index (κ1) is 27.6. The van der Waals surface area contributed by atoms with Gasteiger partial charge >= 0.3 is 6.16 Å². The molecule has 0 amide bonds. The molecule has 1 aliphatic rings. The van der Waals surface area contributed by atoms with E-state index in [1.165, 1.54) is 19.2 Å². The van der Waals surface area contributed by atoms with E-state index in [1.54, 1.807) is 11.6 Å². The quantitative estimate of drug-likeness (QED) is 0.443.